The first-order valence-corrected chi connectivity index (χ1v) is 10.2. The summed E-state index contributed by atoms with van der Waals surface area (Å²) in [5.41, 5.74) is 3.76. The zero-order valence-electron chi connectivity index (χ0n) is 17.2. The van der Waals surface area contributed by atoms with Gasteiger partial charge in [-0.1, -0.05) is 6.07 Å². The lowest BCUT2D eigenvalue weighted by Crippen LogP contribution is -2.26. The first-order chi connectivity index (χ1) is 14.9. The minimum atomic E-state index is -0.602. The number of nitrogens with one attached hydrogen (secondary N) is 1. The van der Waals surface area contributed by atoms with E-state index in [4.69, 9.17) is 0 Å². The number of fused-ring (bicyclic) bond motifs is 1. The van der Waals surface area contributed by atoms with Crippen molar-refractivity contribution in [2.24, 2.45) is 0 Å². The number of carbonyl (C=O) groups excluding carboxylic acids is 1. The summed E-state index contributed by atoms with van der Waals surface area (Å²) in [7, 11) is 0. The van der Waals surface area contributed by atoms with Crippen molar-refractivity contribution < 1.29 is 14.3 Å². The van der Waals surface area contributed by atoms with Gasteiger partial charge in [0.2, 0.25) is 0 Å². The Bertz CT molecular complexity index is 1300. The fourth-order valence-corrected chi connectivity index (χ4v) is 3.64. The van der Waals surface area contributed by atoms with Gasteiger partial charge in [-0.3, -0.25) is 9.20 Å². The topological polar surface area (TPSA) is 84.5 Å². The lowest BCUT2D eigenvalue weighted by molar-refractivity contribution is 0.0947. The molecule has 1 atom stereocenters. The molecule has 8 heteroatoms. The van der Waals surface area contributed by atoms with Crippen molar-refractivity contribution in [3.63, 3.8) is 0 Å². The molecule has 7 nitrogen and oxygen atoms in total. The van der Waals surface area contributed by atoms with Crippen LogP contribution in [0.4, 0.5) is 4.39 Å². The van der Waals surface area contributed by atoms with E-state index >= 15 is 0 Å². The van der Waals surface area contributed by atoms with E-state index in [2.05, 4.69) is 15.4 Å². The molecule has 0 saturated heterocycles. The van der Waals surface area contributed by atoms with Gasteiger partial charge in [-0.25, -0.2) is 14.1 Å². The highest BCUT2D eigenvalue weighted by Crippen LogP contribution is 2.28. The normalized spacial score (nSPS) is 14.7. The largest absolute Gasteiger partial charge is 0.389 e. The van der Waals surface area contributed by atoms with E-state index in [0.29, 0.717) is 5.82 Å². The van der Waals surface area contributed by atoms with Crippen LogP contribution in [0.1, 0.15) is 47.4 Å². The van der Waals surface area contributed by atoms with Gasteiger partial charge < -0.3 is 10.4 Å². The maximum absolute atomic E-state index is 14.5. The number of aromatic nitrogens is 4. The highest BCUT2D eigenvalue weighted by molar-refractivity contribution is 5.96. The quantitative estimate of drug-likeness (QED) is 0.518. The van der Waals surface area contributed by atoms with Crippen LogP contribution < -0.4 is 5.32 Å². The first-order valence-electron chi connectivity index (χ1n) is 10.2. The first kappa shape index (κ1) is 19.4. The minimum absolute atomic E-state index is 0.0385. The minimum Gasteiger partial charge on any atom is -0.389 e. The molecule has 2 N–H and O–H groups in total. The summed E-state index contributed by atoms with van der Waals surface area (Å²) >= 11 is 0. The molecule has 1 aromatic carbocycles. The SMILES string of the molecule is Cc1cc(F)c(C(=O)NC2CC2)cc1-c1cnn(-c2cnc3ccc(C(C)O)cn23)c1. The maximum Gasteiger partial charge on any atom is 0.254 e. The Balaban J connectivity index is 1.53. The lowest BCUT2D eigenvalue weighted by atomic mass is 9.99. The molecule has 1 fully saturated rings. The summed E-state index contributed by atoms with van der Waals surface area (Å²) in [5.74, 6) is -0.212. The molecule has 0 radical (unpaired) electrons. The molecule has 4 aromatic rings. The fourth-order valence-electron chi connectivity index (χ4n) is 3.64. The fraction of sp³-hybridized carbons (Fsp3) is 0.261. The number of halogens is 1. The molecule has 0 spiro atoms. The zero-order valence-corrected chi connectivity index (χ0v) is 17.2. The highest BCUT2D eigenvalue weighted by atomic mass is 19.1. The number of aliphatic hydroxyl groups excluding tert-OH is 1. The number of hydrogen-bond acceptors (Lipinski definition) is 4. The third kappa shape index (κ3) is 3.59. The predicted octanol–water partition coefficient (Wildman–Crippen LogP) is 3.58. The number of carbonyl (C=O) groups is 1. The smallest absolute Gasteiger partial charge is 0.254 e. The Morgan fingerprint density at radius 3 is 2.81 bits per heavy atom. The van der Waals surface area contributed by atoms with Crippen LogP contribution in [-0.4, -0.2) is 36.2 Å². The van der Waals surface area contributed by atoms with Gasteiger partial charge >= 0.3 is 0 Å². The van der Waals surface area contributed by atoms with Gasteiger partial charge in [0.25, 0.3) is 5.91 Å². The standard InChI is InChI=1S/C23H22FN5O2/c1-13-7-20(24)19(23(31)27-17-4-5-17)8-18(13)16-9-26-29(12-16)22-10-25-21-6-3-15(14(2)30)11-28(21)22/h3,6-12,14,17,30H,4-5H2,1-2H3,(H,27,31). The molecular weight excluding hydrogens is 397 g/mol. The Morgan fingerprint density at radius 2 is 2.06 bits per heavy atom. The van der Waals surface area contributed by atoms with Crippen LogP contribution >= 0.6 is 0 Å². The molecule has 0 bridgehead atoms. The average molecular weight is 419 g/mol. The van der Waals surface area contributed by atoms with Crippen molar-refractivity contribution in [1.29, 1.82) is 0 Å². The number of hydrogen-bond donors (Lipinski definition) is 2. The monoisotopic (exact) mass is 419 g/mol. The van der Waals surface area contributed by atoms with Crippen molar-refractivity contribution in [3.8, 4) is 16.9 Å². The van der Waals surface area contributed by atoms with E-state index in [0.717, 1.165) is 40.7 Å². The molecule has 1 unspecified atom stereocenters. The van der Waals surface area contributed by atoms with Crippen LogP contribution in [0.25, 0.3) is 22.6 Å². The average Bonchev–Trinajstić information content (AvgIpc) is 3.24. The zero-order chi connectivity index (χ0) is 21.7. The van der Waals surface area contributed by atoms with Crippen LogP contribution in [0.15, 0.2) is 49.1 Å². The van der Waals surface area contributed by atoms with Gasteiger partial charge in [-0.15, -0.1) is 0 Å². The van der Waals surface area contributed by atoms with Gasteiger partial charge in [0.05, 0.1) is 24.1 Å². The predicted molar refractivity (Wildman–Crippen MR) is 114 cm³/mol. The summed E-state index contributed by atoms with van der Waals surface area (Å²) in [5, 5.41) is 17.2. The molecule has 1 saturated carbocycles. The van der Waals surface area contributed by atoms with Crippen molar-refractivity contribution in [3.05, 3.63) is 71.6 Å². The molecule has 1 amide bonds. The van der Waals surface area contributed by atoms with Crippen molar-refractivity contribution >= 4 is 11.6 Å². The lowest BCUT2D eigenvalue weighted by Gasteiger charge is -2.10. The Hall–Kier alpha value is -3.52. The molecule has 1 aliphatic carbocycles. The number of nitrogens with zero attached hydrogens (tertiary/aromatic N) is 4. The van der Waals surface area contributed by atoms with Crippen LogP contribution in [-0.2, 0) is 0 Å². The highest BCUT2D eigenvalue weighted by Gasteiger charge is 2.25. The second kappa shape index (κ2) is 7.31. The number of rotatable bonds is 5. The van der Waals surface area contributed by atoms with Crippen LogP contribution in [0, 0.1) is 12.7 Å². The number of pyridine rings is 1. The third-order valence-corrected chi connectivity index (χ3v) is 5.59. The summed E-state index contributed by atoms with van der Waals surface area (Å²) in [6.07, 6.45) is 8.30. The second-order valence-corrected chi connectivity index (χ2v) is 8.05. The van der Waals surface area contributed by atoms with Crippen LogP contribution in [0.5, 0.6) is 0 Å². The van der Waals surface area contributed by atoms with E-state index in [9.17, 15) is 14.3 Å². The van der Waals surface area contributed by atoms with Crippen molar-refractivity contribution in [1.82, 2.24) is 24.5 Å². The molecule has 0 aliphatic heterocycles. The Kier molecular flexibility index (Phi) is 4.59. The Morgan fingerprint density at radius 1 is 1.26 bits per heavy atom. The maximum atomic E-state index is 14.5. The number of aryl methyl sites for hydroxylation is 1. The molecule has 31 heavy (non-hydrogen) atoms. The van der Waals surface area contributed by atoms with Crippen LogP contribution in [0.3, 0.4) is 0 Å². The second-order valence-electron chi connectivity index (χ2n) is 8.05. The number of imidazole rings is 1. The molecular formula is C23H22FN5O2. The van der Waals surface area contributed by atoms with E-state index in [1.807, 2.05) is 35.9 Å². The van der Waals surface area contributed by atoms with Gasteiger partial charge in [0.1, 0.15) is 11.5 Å². The van der Waals surface area contributed by atoms with Crippen molar-refractivity contribution in [2.75, 3.05) is 0 Å². The molecule has 3 heterocycles. The van der Waals surface area contributed by atoms with Gasteiger partial charge in [-0.05, 0) is 61.6 Å². The number of amides is 1. The van der Waals surface area contributed by atoms with Gasteiger partial charge in [0, 0.05) is 24.0 Å². The van der Waals surface area contributed by atoms with E-state index in [1.54, 1.807) is 30.1 Å². The van der Waals surface area contributed by atoms with Gasteiger partial charge in [0.15, 0.2) is 5.82 Å². The molecule has 3 aromatic heterocycles. The van der Waals surface area contributed by atoms with E-state index in [1.165, 1.54) is 6.07 Å². The van der Waals surface area contributed by atoms with Crippen molar-refractivity contribution in [2.45, 2.75) is 38.8 Å². The third-order valence-electron chi connectivity index (χ3n) is 5.59. The van der Waals surface area contributed by atoms with Gasteiger partial charge in [-0.2, -0.15) is 5.10 Å². The number of benzene rings is 1. The molecule has 5 rings (SSSR count). The number of aliphatic hydroxyl groups is 1. The van der Waals surface area contributed by atoms with E-state index in [-0.39, 0.29) is 17.5 Å². The van der Waals surface area contributed by atoms with E-state index < -0.39 is 11.9 Å². The van der Waals surface area contributed by atoms with Crippen LogP contribution in [0.2, 0.25) is 0 Å². The molecule has 158 valence electrons. The summed E-state index contributed by atoms with van der Waals surface area (Å²) in [6.45, 7) is 3.51. The Labute approximate surface area is 178 Å². The summed E-state index contributed by atoms with van der Waals surface area (Å²) in [6, 6.07) is 6.80. The summed E-state index contributed by atoms with van der Waals surface area (Å²) in [4.78, 5) is 16.8. The molecule has 1 aliphatic rings. The summed E-state index contributed by atoms with van der Waals surface area (Å²) < 4.78 is 18.0.